The lowest BCUT2D eigenvalue weighted by Gasteiger charge is -2.31. The van der Waals surface area contributed by atoms with Gasteiger partial charge in [-0.2, -0.15) is 4.37 Å². The van der Waals surface area contributed by atoms with Gasteiger partial charge in [0, 0.05) is 44.7 Å². The molecule has 1 fully saturated rings. The lowest BCUT2D eigenvalue weighted by Crippen LogP contribution is -2.35. The molecule has 3 rings (SSSR count). The van der Waals surface area contributed by atoms with Crippen LogP contribution in [0, 0.1) is 0 Å². The molecule has 0 aromatic carbocycles. The van der Waals surface area contributed by atoms with Gasteiger partial charge in [0.2, 0.25) is 5.13 Å². The number of nitrogens with zero attached hydrogens (tertiary/aromatic N) is 6. The molecule has 0 spiro atoms. The van der Waals surface area contributed by atoms with E-state index in [4.69, 9.17) is 4.74 Å². The number of hydrogen-bond donors (Lipinski definition) is 0. The largest absolute Gasteiger partial charge is 0.377 e. The molecule has 2 aromatic rings. The van der Waals surface area contributed by atoms with Crippen LogP contribution in [-0.2, 0) is 18.4 Å². The lowest BCUT2D eigenvalue weighted by atomic mass is 9.97. The summed E-state index contributed by atoms with van der Waals surface area (Å²) in [6.07, 6.45) is 4.04. The third kappa shape index (κ3) is 2.66. The summed E-state index contributed by atoms with van der Waals surface area (Å²) >= 11 is 1.44. The van der Waals surface area contributed by atoms with E-state index in [1.807, 2.05) is 11.6 Å². The van der Waals surface area contributed by atoms with Crippen LogP contribution in [0.4, 0.5) is 5.13 Å². The van der Waals surface area contributed by atoms with E-state index in [-0.39, 0.29) is 0 Å². The molecule has 1 atom stereocenters. The molecule has 0 radical (unpaired) electrons. The summed E-state index contributed by atoms with van der Waals surface area (Å²) in [6.45, 7) is 2.42. The summed E-state index contributed by atoms with van der Waals surface area (Å²) in [5.41, 5.74) is 0. The van der Waals surface area contributed by atoms with Crippen LogP contribution < -0.4 is 4.90 Å². The van der Waals surface area contributed by atoms with Crippen molar-refractivity contribution in [2.45, 2.75) is 25.4 Å². The maximum absolute atomic E-state index is 5.07. The van der Waals surface area contributed by atoms with Crippen molar-refractivity contribution in [3.05, 3.63) is 18.0 Å². The topological polar surface area (TPSA) is 69.0 Å². The Hall–Kier alpha value is -1.54. The molecular formula is C12H18N6OS. The molecule has 3 heterocycles. The molecular weight excluding hydrogens is 276 g/mol. The van der Waals surface area contributed by atoms with Crippen LogP contribution in [0.2, 0.25) is 0 Å². The Morgan fingerprint density at radius 1 is 1.50 bits per heavy atom. The van der Waals surface area contributed by atoms with Gasteiger partial charge in [-0.3, -0.25) is 0 Å². The van der Waals surface area contributed by atoms with Gasteiger partial charge in [-0.25, -0.2) is 4.98 Å². The van der Waals surface area contributed by atoms with Crippen LogP contribution in [0.15, 0.2) is 6.33 Å². The van der Waals surface area contributed by atoms with Gasteiger partial charge < -0.3 is 14.2 Å². The highest BCUT2D eigenvalue weighted by Crippen LogP contribution is 2.29. The number of anilines is 1. The van der Waals surface area contributed by atoms with Crippen molar-refractivity contribution in [2.24, 2.45) is 7.05 Å². The first-order valence-corrected chi connectivity index (χ1v) is 7.45. The highest BCUT2D eigenvalue weighted by atomic mass is 32.1. The van der Waals surface area contributed by atoms with Crippen molar-refractivity contribution in [1.29, 1.82) is 0 Å². The number of aryl methyl sites for hydroxylation is 1. The highest BCUT2D eigenvalue weighted by Gasteiger charge is 2.26. The van der Waals surface area contributed by atoms with Crippen molar-refractivity contribution < 1.29 is 4.74 Å². The fourth-order valence-corrected chi connectivity index (χ4v) is 3.29. The minimum absolute atomic E-state index is 0.408. The summed E-state index contributed by atoms with van der Waals surface area (Å²) in [5, 5.41) is 9.19. The molecule has 2 aromatic heterocycles. The van der Waals surface area contributed by atoms with E-state index >= 15 is 0 Å². The molecule has 108 valence electrons. The van der Waals surface area contributed by atoms with E-state index < -0.39 is 0 Å². The Morgan fingerprint density at radius 2 is 2.40 bits per heavy atom. The Labute approximate surface area is 121 Å². The number of hydrogen-bond acceptors (Lipinski definition) is 7. The average molecular weight is 294 g/mol. The van der Waals surface area contributed by atoms with Crippen LogP contribution in [-0.4, -0.2) is 44.3 Å². The third-order valence-corrected chi connectivity index (χ3v) is 4.35. The second kappa shape index (κ2) is 5.84. The van der Waals surface area contributed by atoms with Crippen molar-refractivity contribution >= 4 is 16.7 Å². The molecule has 20 heavy (non-hydrogen) atoms. The Kier molecular flexibility index (Phi) is 3.93. The van der Waals surface area contributed by atoms with Gasteiger partial charge in [0.15, 0.2) is 5.82 Å². The quantitative estimate of drug-likeness (QED) is 0.844. The van der Waals surface area contributed by atoms with Gasteiger partial charge >= 0.3 is 0 Å². The monoisotopic (exact) mass is 294 g/mol. The summed E-state index contributed by atoms with van der Waals surface area (Å²) in [4.78, 5) is 6.82. The van der Waals surface area contributed by atoms with E-state index in [9.17, 15) is 0 Å². The standard InChI is InChI=1S/C12H18N6OS/c1-17-8-13-15-11(17)9-4-3-5-18(6-9)12-14-10(7-19-2)16-20-12/h8-9H,3-7H2,1-2H3. The molecule has 7 nitrogen and oxygen atoms in total. The Bertz CT molecular complexity index is 568. The van der Waals surface area contributed by atoms with Gasteiger partial charge in [0.05, 0.1) is 0 Å². The van der Waals surface area contributed by atoms with Crippen molar-refractivity contribution in [3.63, 3.8) is 0 Å². The number of methoxy groups -OCH3 is 1. The van der Waals surface area contributed by atoms with E-state index in [2.05, 4.69) is 24.5 Å². The van der Waals surface area contributed by atoms with Gasteiger partial charge in [0.25, 0.3) is 0 Å². The van der Waals surface area contributed by atoms with Crippen molar-refractivity contribution in [3.8, 4) is 0 Å². The molecule has 0 saturated carbocycles. The zero-order chi connectivity index (χ0) is 13.9. The zero-order valence-electron chi connectivity index (χ0n) is 11.7. The van der Waals surface area contributed by atoms with Crippen LogP contribution in [0.1, 0.15) is 30.4 Å². The van der Waals surface area contributed by atoms with E-state index in [0.717, 1.165) is 42.7 Å². The van der Waals surface area contributed by atoms with Gasteiger partial charge in [0.1, 0.15) is 18.8 Å². The number of rotatable bonds is 4. The zero-order valence-corrected chi connectivity index (χ0v) is 12.5. The highest BCUT2D eigenvalue weighted by molar-refractivity contribution is 7.09. The first-order chi connectivity index (χ1) is 9.78. The van der Waals surface area contributed by atoms with Crippen LogP contribution in [0.25, 0.3) is 0 Å². The van der Waals surface area contributed by atoms with E-state index in [0.29, 0.717) is 12.5 Å². The molecule has 1 aliphatic rings. The summed E-state index contributed by atoms with van der Waals surface area (Å²) in [6, 6.07) is 0. The maximum Gasteiger partial charge on any atom is 0.205 e. The first kappa shape index (κ1) is 13.4. The SMILES string of the molecule is COCc1nsc(N2CCCC(c3nncn3C)C2)n1. The molecule has 0 N–H and O–H groups in total. The maximum atomic E-state index is 5.07. The molecule has 0 aliphatic carbocycles. The number of piperidine rings is 1. The summed E-state index contributed by atoms with van der Waals surface area (Å²) < 4.78 is 11.4. The summed E-state index contributed by atoms with van der Waals surface area (Å²) in [5.74, 6) is 2.22. The minimum Gasteiger partial charge on any atom is -0.377 e. The van der Waals surface area contributed by atoms with E-state index in [1.165, 1.54) is 11.5 Å². The fraction of sp³-hybridized carbons (Fsp3) is 0.667. The smallest absolute Gasteiger partial charge is 0.205 e. The van der Waals surface area contributed by atoms with Gasteiger partial charge in [-0.15, -0.1) is 10.2 Å². The Morgan fingerprint density at radius 3 is 3.15 bits per heavy atom. The minimum atomic E-state index is 0.408. The molecule has 1 saturated heterocycles. The predicted molar refractivity (Wildman–Crippen MR) is 75.8 cm³/mol. The molecule has 1 aliphatic heterocycles. The molecule has 0 amide bonds. The predicted octanol–water partition coefficient (Wildman–Crippen LogP) is 1.20. The number of aromatic nitrogens is 5. The Balaban J connectivity index is 1.73. The first-order valence-electron chi connectivity index (χ1n) is 6.68. The van der Waals surface area contributed by atoms with Crippen LogP contribution in [0.5, 0.6) is 0 Å². The lowest BCUT2D eigenvalue weighted by molar-refractivity contribution is 0.179. The van der Waals surface area contributed by atoms with Gasteiger partial charge in [-0.1, -0.05) is 0 Å². The number of ether oxygens (including phenoxy) is 1. The molecule has 1 unspecified atom stereocenters. The van der Waals surface area contributed by atoms with Crippen LogP contribution in [0.3, 0.4) is 0 Å². The molecule has 0 bridgehead atoms. The fourth-order valence-electron chi connectivity index (χ4n) is 2.58. The van der Waals surface area contributed by atoms with Crippen LogP contribution >= 0.6 is 11.5 Å². The second-order valence-electron chi connectivity index (χ2n) is 5.01. The normalized spacial score (nSPS) is 19.5. The molecule has 8 heteroatoms. The summed E-state index contributed by atoms with van der Waals surface area (Å²) in [7, 11) is 3.65. The van der Waals surface area contributed by atoms with E-state index in [1.54, 1.807) is 13.4 Å². The van der Waals surface area contributed by atoms with Crippen molar-refractivity contribution in [2.75, 3.05) is 25.1 Å². The third-order valence-electron chi connectivity index (χ3n) is 3.53. The van der Waals surface area contributed by atoms with Crippen molar-refractivity contribution in [1.82, 2.24) is 24.1 Å². The average Bonchev–Trinajstić information content (AvgIpc) is 3.08. The second-order valence-corrected chi connectivity index (χ2v) is 5.74. The van der Waals surface area contributed by atoms with Gasteiger partial charge in [-0.05, 0) is 12.8 Å².